The number of nitrogens with zero attached hydrogens (tertiary/aromatic N) is 4. The quantitative estimate of drug-likeness (QED) is 0.474. The SMILES string of the molecule is COc1ccc2c3c1O[C@H]1[C@@]4(OC)CC[C@@]5(C[C@@H]4COCc4ccccc4)C(C2)N(Cc2nn[nH]n2)CC[C@]315. The van der Waals surface area contributed by atoms with Crippen molar-refractivity contribution in [2.24, 2.45) is 11.3 Å². The largest absolute Gasteiger partial charge is 0.493 e. The lowest BCUT2D eigenvalue weighted by molar-refractivity contribution is -0.284. The van der Waals surface area contributed by atoms with Gasteiger partial charge in [0, 0.05) is 35.5 Å². The topological polar surface area (TPSA) is 94.6 Å². The van der Waals surface area contributed by atoms with Crippen LogP contribution in [-0.4, -0.2) is 70.6 Å². The van der Waals surface area contributed by atoms with Crippen molar-refractivity contribution in [1.29, 1.82) is 0 Å². The molecular weight excluding hydrogens is 494 g/mol. The Morgan fingerprint density at radius 2 is 2.00 bits per heavy atom. The maximum Gasteiger partial charge on any atom is 0.188 e. The molecule has 2 spiro atoms. The molecule has 0 radical (unpaired) electrons. The fraction of sp³-hybridized carbons (Fsp3) is 0.567. The summed E-state index contributed by atoms with van der Waals surface area (Å²) in [7, 11) is 3.63. The zero-order valence-electron chi connectivity index (χ0n) is 22.6. The zero-order chi connectivity index (χ0) is 26.2. The molecule has 4 fully saturated rings. The number of piperidine rings is 1. The molecule has 4 aliphatic carbocycles. The lowest BCUT2D eigenvalue weighted by Gasteiger charge is -2.73. The van der Waals surface area contributed by atoms with Crippen LogP contribution in [0.1, 0.15) is 48.2 Å². The van der Waals surface area contributed by atoms with E-state index in [1.54, 1.807) is 7.11 Å². The molecule has 39 heavy (non-hydrogen) atoms. The van der Waals surface area contributed by atoms with Gasteiger partial charge in [-0.2, -0.15) is 5.21 Å². The summed E-state index contributed by atoms with van der Waals surface area (Å²) >= 11 is 0. The highest BCUT2D eigenvalue weighted by molar-refractivity contribution is 5.63. The number of likely N-dealkylation sites (tertiary alicyclic amines) is 1. The third-order valence-electron chi connectivity index (χ3n) is 11.0. The van der Waals surface area contributed by atoms with E-state index in [0.29, 0.717) is 25.8 Å². The first-order valence-corrected chi connectivity index (χ1v) is 14.2. The molecule has 6 aliphatic rings. The van der Waals surface area contributed by atoms with Crippen LogP contribution in [0.4, 0.5) is 0 Å². The van der Waals surface area contributed by atoms with E-state index in [2.05, 4.69) is 61.9 Å². The van der Waals surface area contributed by atoms with Gasteiger partial charge in [0.15, 0.2) is 17.3 Å². The molecule has 9 heteroatoms. The first-order valence-electron chi connectivity index (χ1n) is 14.2. The van der Waals surface area contributed by atoms with Gasteiger partial charge in [-0.3, -0.25) is 4.90 Å². The van der Waals surface area contributed by atoms with Gasteiger partial charge in [-0.05, 0) is 55.8 Å². The first kappa shape index (κ1) is 23.8. The van der Waals surface area contributed by atoms with Crippen molar-refractivity contribution in [3.63, 3.8) is 0 Å². The first-order chi connectivity index (χ1) is 19.1. The molecule has 1 saturated heterocycles. The second kappa shape index (κ2) is 8.49. The van der Waals surface area contributed by atoms with Gasteiger partial charge in [0.2, 0.25) is 0 Å². The summed E-state index contributed by atoms with van der Waals surface area (Å²) in [5, 5.41) is 15.1. The summed E-state index contributed by atoms with van der Waals surface area (Å²) in [6, 6.07) is 15.1. The molecule has 3 aromatic rings. The molecule has 3 heterocycles. The van der Waals surface area contributed by atoms with E-state index in [4.69, 9.17) is 18.9 Å². The van der Waals surface area contributed by atoms with Gasteiger partial charge in [-0.1, -0.05) is 41.6 Å². The minimum Gasteiger partial charge on any atom is -0.493 e. The van der Waals surface area contributed by atoms with Gasteiger partial charge in [-0.25, -0.2) is 0 Å². The molecule has 2 aliphatic heterocycles. The minimum absolute atomic E-state index is 0.0469. The Morgan fingerprint density at radius 3 is 2.79 bits per heavy atom. The zero-order valence-corrected chi connectivity index (χ0v) is 22.6. The number of H-pyrrole nitrogens is 1. The fourth-order valence-electron chi connectivity index (χ4n) is 9.56. The van der Waals surface area contributed by atoms with Crippen LogP contribution in [0, 0.1) is 11.3 Å². The van der Waals surface area contributed by atoms with Crippen LogP contribution in [0.2, 0.25) is 0 Å². The van der Waals surface area contributed by atoms with Crippen LogP contribution >= 0.6 is 0 Å². The van der Waals surface area contributed by atoms with Gasteiger partial charge in [-0.15, -0.1) is 10.2 Å². The predicted octanol–water partition coefficient (Wildman–Crippen LogP) is 3.44. The number of ether oxygens (including phenoxy) is 4. The maximum absolute atomic E-state index is 7.10. The number of tetrazole rings is 1. The number of aromatic amines is 1. The summed E-state index contributed by atoms with van der Waals surface area (Å²) in [4.78, 5) is 2.62. The van der Waals surface area contributed by atoms with E-state index >= 15 is 0 Å². The Labute approximate surface area is 228 Å². The molecule has 6 atom stereocenters. The van der Waals surface area contributed by atoms with Gasteiger partial charge >= 0.3 is 0 Å². The molecule has 1 aromatic heterocycles. The van der Waals surface area contributed by atoms with Gasteiger partial charge < -0.3 is 18.9 Å². The van der Waals surface area contributed by atoms with Gasteiger partial charge in [0.05, 0.1) is 26.9 Å². The van der Waals surface area contributed by atoms with E-state index in [1.807, 2.05) is 13.2 Å². The molecule has 9 rings (SSSR count). The fourth-order valence-corrected chi connectivity index (χ4v) is 9.56. The molecule has 1 N–H and O–H groups in total. The molecule has 4 bridgehead atoms. The van der Waals surface area contributed by atoms with Crippen molar-refractivity contribution in [3.8, 4) is 11.5 Å². The standard InChI is InChI=1S/C30H35N5O4/c1-36-22-9-8-20-14-23-28-10-11-30(37-2,21(15-28)18-38-17-19-6-4-3-5-7-19)27-29(28,25(20)26(22)39-27)12-13-35(23)16-24-31-33-34-32-24/h3-9,21,23,27H,10-18H2,1-2H3,(H,31,32,33,34)/t21-,23?,27-,28-,29+,30-/m1/s1. The van der Waals surface area contributed by atoms with Crippen molar-refractivity contribution < 1.29 is 18.9 Å². The summed E-state index contributed by atoms with van der Waals surface area (Å²) in [5.74, 6) is 2.77. The summed E-state index contributed by atoms with van der Waals surface area (Å²) in [6.45, 7) is 2.92. The highest BCUT2D eigenvalue weighted by Crippen LogP contribution is 2.76. The van der Waals surface area contributed by atoms with Crippen LogP contribution in [0.15, 0.2) is 42.5 Å². The van der Waals surface area contributed by atoms with Crippen LogP contribution in [0.5, 0.6) is 11.5 Å². The number of hydrogen-bond donors (Lipinski definition) is 1. The molecule has 2 aromatic carbocycles. The van der Waals surface area contributed by atoms with Crippen molar-refractivity contribution in [2.75, 3.05) is 27.4 Å². The van der Waals surface area contributed by atoms with E-state index in [-0.39, 0.29) is 22.9 Å². The number of hydrogen-bond acceptors (Lipinski definition) is 8. The summed E-state index contributed by atoms with van der Waals surface area (Å²) in [5.41, 5.74) is 3.51. The lowest BCUT2D eigenvalue weighted by Crippen LogP contribution is -2.81. The molecule has 1 unspecified atom stereocenters. The Morgan fingerprint density at radius 1 is 1.10 bits per heavy atom. The van der Waals surface area contributed by atoms with Gasteiger partial charge in [0.1, 0.15) is 11.7 Å². The molecule has 9 nitrogen and oxygen atoms in total. The summed E-state index contributed by atoms with van der Waals surface area (Å²) in [6.07, 6.45) is 5.07. The van der Waals surface area contributed by atoms with E-state index in [9.17, 15) is 0 Å². The molecule has 204 valence electrons. The average Bonchev–Trinajstić information content (AvgIpc) is 3.61. The van der Waals surface area contributed by atoms with Crippen molar-refractivity contribution in [1.82, 2.24) is 25.5 Å². The highest BCUT2D eigenvalue weighted by atomic mass is 16.6. The highest BCUT2D eigenvalue weighted by Gasteiger charge is 2.80. The van der Waals surface area contributed by atoms with Gasteiger partial charge in [0.25, 0.3) is 0 Å². The van der Waals surface area contributed by atoms with Crippen molar-refractivity contribution in [3.05, 3.63) is 65.0 Å². The van der Waals surface area contributed by atoms with E-state index in [0.717, 1.165) is 56.0 Å². The second-order valence-electron chi connectivity index (χ2n) is 12.1. The molecular formula is C30H35N5O4. The van der Waals surface area contributed by atoms with E-state index < -0.39 is 5.60 Å². The second-order valence-corrected chi connectivity index (χ2v) is 12.1. The smallest absolute Gasteiger partial charge is 0.188 e. The Bertz CT molecular complexity index is 1390. The lowest BCUT2D eigenvalue weighted by atomic mass is 9.35. The average molecular weight is 530 g/mol. The molecule has 0 amide bonds. The molecule has 3 saturated carbocycles. The summed E-state index contributed by atoms with van der Waals surface area (Å²) < 4.78 is 26.0. The number of nitrogens with one attached hydrogen (secondary N) is 1. The normalized spacial score (nSPS) is 35.5. The predicted molar refractivity (Wildman–Crippen MR) is 141 cm³/mol. The monoisotopic (exact) mass is 529 g/mol. The minimum atomic E-state index is -0.405. The number of fused-ring (bicyclic) bond motifs is 2. The van der Waals surface area contributed by atoms with Crippen LogP contribution in [-0.2, 0) is 34.5 Å². The number of methoxy groups -OCH3 is 2. The number of aromatic nitrogens is 4. The third-order valence-corrected chi connectivity index (χ3v) is 11.0. The van der Waals surface area contributed by atoms with Crippen molar-refractivity contribution >= 4 is 0 Å². The van der Waals surface area contributed by atoms with Crippen LogP contribution < -0.4 is 9.47 Å². The maximum atomic E-state index is 7.10. The number of benzene rings is 2. The Kier molecular flexibility index (Phi) is 5.19. The number of rotatable bonds is 8. The third kappa shape index (κ3) is 2.98. The Hall–Kier alpha value is -3.01. The van der Waals surface area contributed by atoms with Crippen molar-refractivity contribution in [2.45, 2.75) is 68.4 Å². The Balaban J connectivity index is 1.23. The van der Waals surface area contributed by atoms with Crippen LogP contribution in [0.3, 0.4) is 0 Å². The van der Waals surface area contributed by atoms with Crippen LogP contribution in [0.25, 0.3) is 0 Å². The van der Waals surface area contributed by atoms with E-state index in [1.165, 1.54) is 16.7 Å².